The number of hydrogen-bond donors (Lipinski definition) is 1. The normalized spacial score (nSPS) is 36.4. The van der Waals surface area contributed by atoms with Crippen LogP contribution in [-0.4, -0.2) is 16.0 Å². The summed E-state index contributed by atoms with van der Waals surface area (Å²) in [4.78, 5) is 0. The van der Waals surface area contributed by atoms with Gasteiger partial charge in [-0.2, -0.15) is 0 Å². The molecule has 1 heterocycles. The fraction of sp³-hybridized carbons (Fsp3) is 1.00. The highest BCUT2D eigenvalue weighted by Crippen LogP contribution is 2.06. The van der Waals surface area contributed by atoms with Crippen molar-refractivity contribution in [2.45, 2.75) is 25.1 Å². The van der Waals surface area contributed by atoms with Crippen molar-refractivity contribution in [1.82, 2.24) is 0 Å². The topological polar surface area (TPSA) is 35.2 Å². The molecule has 0 bridgehead atoms. The Labute approximate surface area is 46.0 Å². The summed E-state index contributed by atoms with van der Waals surface area (Å²) in [5.41, 5.74) is 5.45. The molecule has 1 atom stereocenters. The fourth-order valence-electron chi connectivity index (χ4n) is 0.766. The minimum atomic E-state index is -0.164. The summed E-state index contributed by atoms with van der Waals surface area (Å²) < 4.78 is 5.19. The van der Waals surface area contributed by atoms with Crippen LogP contribution in [-0.2, 0) is 4.43 Å². The maximum Gasteiger partial charge on any atom is 0.163 e. The van der Waals surface area contributed by atoms with E-state index in [0.29, 0.717) is 0 Å². The van der Waals surface area contributed by atoms with Crippen molar-refractivity contribution in [2.75, 3.05) is 0 Å². The highest BCUT2D eigenvalue weighted by atomic mass is 28.2. The molecule has 0 aromatic rings. The van der Waals surface area contributed by atoms with E-state index in [1.807, 2.05) is 0 Å². The predicted molar refractivity (Wildman–Crippen MR) is 31.6 cm³/mol. The van der Waals surface area contributed by atoms with Crippen molar-refractivity contribution in [1.29, 1.82) is 0 Å². The Morgan fingerprint density at radius 1 is 1.71 bits per heavy atom. The van der Waals surface area contributed by atoms with E-state index >= 15 is 0 Å². The van der Waals surface area contributed by atoms with Crippen LogP contribution in [0.3, 0.4) is 0 Å². The van der Waals surface area contributed by atoms with Crippen LogP contribution in [0.2, 0.25) is 6.04 Å². The molecular weight excluding hydrogens is 106 g/mol. The molecular formula is C4H11NOSi. The highest BCUT2D eigenvalue weighted by Gasteiger charge is 2.06. The third-order valence-electron chi connectivity index (χ3n) is 1.21. The van der Waals surface area contributed by atoms with Gasteiger partial charge in [0.05, 0.1) is 6.23 Å². The maximum absolute atomic E-state index is 5.45. The SMILES string of the molecule is NC1CCC[SiH2]O1. The molecule has 0 amide bonds. The molecule has 0 aromatic carbocycles. The fourth-order valence-corrected chi connectivity index (χ4v) is 1.89. The lowest BCUT2D eigenvalue weighted by molar-refractivity contribution is 0.190. The molecule has 0 aromatic heterocycles. The quantitative estimate of drug-likeness (QED) is 0.437. The smallest absolute Gasteiger partial charge is 0.163 e. The number of hydrogen-bond acceptors (Lipinski definition) is 2. The van der Waals surface area contributed by atoms with Crippen molar-refractivity contribution >= 4 is 9.76 Å². The molecule has 0 radical (unpaired) electrons. The first-order valence-corrected chi connectivity index (χ1v) is 4.34. The van der Waals surface area contributed by atoms with Gasteiger partial charge in [-0.1, -0.05) is 6.42 Å². The van der Waals surface area contributed by atoms with Gasteiger partial charge in [0.1, 0.15) is 0 Å². The van der Waals surface area contributed by atoms with Crippen molar-refractivity contribution in [3.8, 4) is 0 Å². The average molecular weight is 117 g/mol. The van der Waals surface area contributed by atoms with Crippen LogP contribution in [0.15, 0.2) is 0 Å². The second-order valence-corrected chi connectivity index (χ2v) is 3.35. The van der Waals surface area contributed by atoms with Gasteiger partial charge >= 0.3 is 0 Å². The van der Waals surface area contributed by atoms with Gasteiger partial charge in [0.2, 0.25) is 0 Å². The minimum Gasteiger partial charge on any atom is -0.409 e. The molecule has 0 spiro atoms. The van der Waals surface area contributed by atoms with Crippen LogP contribution in [0.4, 0.5) is 0 Å². The van der Waals surface area contributed by atoms with E-state index in [0.717, 1.165) is 6.42 Å². The molecule has 42 valence electrons. The second-order valence-electron chi connectivity index (χ2n) is 1.91. The Kier molecular flexibility index (Phi) is 1.84. The minimum absolute atomic E-state index is 0.0976. The monoisotopic (exact) mass is 117 g/mol. The molecule has 1 unspecified atom stereocenters. The van der Waals surface area contributed by atoms with E-state index in [1.54, 1.807) is 0 Å². The molecule has 1 aliphatic rings. The van der Waals surface area contributed by atoms with Crippen molar-refractivity contribution in [2.24, 2.45) is 5.73 Å². The van der Waals surface area contributed by atoms with Crippen LogP contribution in [0.25, 0.3) is 0 Å². The van der Waals surface area contributed by atoms with E-state index in [-0.39, 0.29) is 16.0 Å². The lowest BCUT2D eigenvalue weighted by atomic mass is 10.3. The van der Waals surface area contributed by atoms with Crippen LogP contribution in [0.5, 0.6) is 0 Å². The Bertz CT molecular complexity index is 53.7. The van der Waals surface area contributed by atoms with Gasteiger partial charge in [0.25, 0.3) is 0 Å². The summed E-state index contributed by atoms with van der Waals surface area (Å²) in [6, 6.07) is 1.33. The summed E-state index contributed by atoms with van der Waals surface area (Å²) in [6.45, 7) is 0. The third kappa shape index (κ3) is 1.59. The number of nitrogens with two attached hydrogens (primary N) is 1. The Morgan fingerprint density at radius 2 is 2.57 bits per heavy atom. The van der Waals surface area contributed by atoms with Crippen LogP contribution in [0, 0.1) is 0 Å². The first-order valence-electron chi connectivity index (χ1n) is 2.77. The van der Waals surface area contributed by atoms with Crippen LogP contribution < -0.4 is 5.73 Å². The molecule has 0 saturated carbocycles. The summed E-state index contributed by atoms with van der Waals surface area (Å²) in [5, 5.41) is 0. The molecule has 7 heavy (non-hydrogen) atoms. The third-order valence-corrected chi connectivity index (χ3v) is 2.67. The van der Waals surface area contributed by atoms with Crippen molar-refractivity contribution in [3.05, 3.63) is 0 Å². The molecule has 1 saturated heterocycles. The van der Waals surface area contributed by atoms with Gasteiger partial charge in [-0.05, 0) is 12.5 Å². The van der Waals surface area contributed by atoms with E-state index in [9.17, 15) is 0 Å². The van der Waals surface area contributed by atoms with Gasteiger partial charge < -0.3 is 10.2 Å². The summed E-state index contributed by atoms with van der Waals surface area (Å²) in [6.07, 6.45) is 2.47. The van der Waals surface area contributed by atoms with E-state index in [1.165, 1.54) is 12.5 Å². The summed E-state index contributed by atoms with van der Waals surface area (Å²) in [7, 11) is -0.164. The molecule has 1 fully saturated rings. The standard InChI is InChI=1S/C4H11NOSi/c5-4-2-1-3-7-6-4/h4H,1-3,5,7H2. The Balaban J connectivity index is 2.12. The van der Waals surface area contributed by atoms with E-state index in [4.69, 9.17) is 10.2 Å². The molecule has 3 heteroatoms. The maximum atomic E-state index is 5.45. The van der Waals surface area contributed by atoms with E-state index in [2.05, 4.69) is 0 Å². The van der Waals surface area contributed by atoms with Gasteiger partial charge in [0.15, 0.2) is 9.76 Å². The van der Waals surface area contributed by atoms with Gasteiger partial charge in [0, 0.05) is 0 Å². The lowest BCUT2D eigenvalue weighted by Crippen LogP contribution is -2.28. The average Bonchev–Trinajstić information content (AvgIpc) is 1.69. The zero-order chi connectivity index (χ0) is 5.11. The van der Waals surface area contributed by atoms with Gasteiger partial charge in [-0.3, -0.25) is 0 Å². The van der Waals surface area contributed by atoms with E-state index < -0.39 is 0 Å². The van der Waals surface area contributed by atoms with Crippen LogP contribution >= 0.6 is 0 Å². The molecule has 2 nitrogen and oxygen atoms in total. The Morgan fingerprint density at radius 3 is 2.86 bits per heavy atom. The first-order chi connectivity index (χ1) is 3.39. The lowest BCUT2D eigenvalue weighted by Gasteiger charge is -2.17. The number of rotatable bonds is 0. The summed E-state index contributed by atoms with van der Waals surface area (Å²) in [5.74, 6) is 0. The zero-order valence-electron chi connectivity index (χ0n) is 4.39. The largest absolute Gasteiger partial charge is 0.409 e. The highest BCUT2D eigenvalue weighted by molar-refractivity contribution is 6.27. The van der Waals surface area contributed by atoms with Crippen molar-refractivity contribution < 1.29 is 4.43 Å². The first kappa shape index (κ1) is 5.28. The summed E-state index contributed by atoms with van der Waals surface area (Å²) >= 11 is 0. The molecule has 1 aliphatic heterocycles. The second kappa shape index (κ2) is 2.45. The van der Waals surface area contributed by atoms with Gasteiger partial charge in [-0.25, -0.2) is 0 Å². The molecule has 2 N–H and O–H groups in total. The van der Waals surface area contributed by atoms with Gasteiger partial charge in [-0.15, -0.1) is 0 Å². The zero-order valence-corrected chi connectivity index (χ0v) is 5.81. The van der Waals surface area contributed by atoms with Crippen LogP contribution in [0.1, 0.15) is 12.8 Å². The predicted octanol–water partition coefficient (Wildman–Crippen LogP) is -0.416. The molecule has 1 rings (SSSR count). The van der Waals surface area contributed by atoms with Crippen molar-refractivity contribution in [3.63, 3.8) is 0 Å². The Hall–Kier alpha value is 0.137. The molecule has 0 aliphatic carbocycles.